The number of rotatable bonds is 3. The summed E-state index contributed by atoms with van der Waals surface area (Å²) in [6.07, 6.45) is 1.70. The molecule has 3 aromatic carbocycles. The average molecular weight is 356 g/mol. The van der Waals surface area contributed by atoms with Crippen molar-refractivity contribution < 1.29 is 4.79 Å². The van der Waals surface area contributed by atoms with E-state index in [1.807, 2.05) is 53.4 Å². The molecule has 0 fully saturated rings. The van der Waals surface area contributed by atoms with E-state index >= 15 is 0 Å². The van der Waals surface area contributed by atoms with Gasteiger partial charge in [-0.15, -0.1) is 0 Å². The van der Waals surface area contributed by atoms with E-state index in [-0.39, 0.29) is 11.9 Å². The van der Waals surface area contributed by atoms with Crippen LogP contribution in [-0.4, -0.2) is 11.9 Å². The molecule has 0 spiro atoms. The lowest BCUT2D eigenvalue weighted by molar-refractivity contribution is 0.0982. The molecule has 3 aromatic rings. The Morgan fingerprint density at radius 2 is 1.78 bits per heavy atom. The van der Waals surface area contributed by atoms with Gasteiger partial charge in [0.1, 0.15) is 0 Å². The lowest BCUT2D eigenvalue weighted by Gasteiger charge is -2.24. The minimum Gasteiger partial charge on any atom is -0.398 e. The van der Waals surface area contributed by atoms with Crippen LogP contribution in [0.3, 0.4) is 0 Å². The van der Waals surface area contributed by atoms with Crippen molar-refractivity contribution in [2.24, 2.45) is 0 Å². The highest BCUT2D eigenvalue weighted by Gasteiger charge is 2.32. The maximum absolute atomic E-state index is 13.3. The number of nitrogen functional groups attached to an aromatic ring is 1. The zero-order valence-corrected chi connectivity index (χ0v) is 15.8. The molecule has 3 nitrogen and oxygen atoms in total. The predicted octanol–water partition coefficient (Wildman–Crippen LogP) is 4.76. The number of amides is 1. The van der Waals surface area contributed by atoms with E-state index in [0.717, 1.165) is 29.7 Å². The molecule has 0 unspecified atom stereocenters. The van der Waals surface area contributed by atoms with Crippen LogP contribution in [-0.2, 0) is 12.8 Å². The number of para-hydroxylation sites is 1. The first-order chi connectivity index (χ1) is 13.0. The molecule has 0 aliphatic carbocycles. The molecule has 0 saturated carbocycles. The summed E-state index contributed by atoms with van der Waals surface area (Å²) in [4.78, 5) is 15.2. The van der Waals surface area contributed by atoms with Gasteiger partial charge < -0.3 is 10.6 Å². The molecule has 2 N–H and O–H groups in total. The van der Waals surface area contributed by atoms with Crippen LogP contribution in [0.2, 0.25) is 0 Å². The molecule has 0 saturated heterocycles. The maximum atomic E-state index is 13.3. The molecule has 1 aliphatic heterocycles. The van der Waals surface area contributed by atoms with Gasteiger partial charge >= 0.3 is 0 Å². The van der Waals surface area contributed by atoms with Gasteiger partial charge in [0.05, 0.1) is 5.56 Å². The topological polar surface area (TPSA) is 46.3 Å². The van der Waals surface area contributed by atoms with E-state index in [1.54, 1.807) is 0 Å². The molecule has 27 heavy (non-hydrogen) atoms. The number of hydrogen-bond donors (Lipinski definition) is 1. The maximum Gasteiger partial charge on any atom is 0.260 e. The molecule has 0 radical (unpaired) electrons. The zero-order chi connectivity index (χ0) is 19.0. The molecule has 4 rings (SSSR count). The van der Waals surface area contributed by atoms with Crippen molar-refractivity contribution in [2.45, 2.75) is 32.7 Å². The molecular weight excluding hydrogens is 332 g/mol. The number of carbonyl (C=O) groups excluding carboxylic acids is 1. The number of anilines is 2. The highest BCUT2D eigenvalue weighted by atomic mass is 16.2. The van der Waals surface area contributed by atoms with Gasteiger partial charge in [0.25, 0.3) is 5.91 Å². The lowest BCUT2D eigenvalue weighted by Crippen LogP contribution is -2.36. The largest absolute Gasteiger partial charge is 0.398 e. The Kier molecular flexibility index (Phi) is 4.44. The number of nitrogens with two attached hydrogens (primary N) is 1. The van der Waals surface area contributed by atoms with Crippen molar-refractivity contribution in [1.29, 1.82) is 0 Å². The Balaban J connectivity index is 1.66. The zero-order valence-electron chi connectivity index (χ0n) is 15.8. The summed E-state index contributed by atoms with van der Waals surface area (Å²) < 4.78 is 0. The van der Waals surface area contributed by atoms with Crippen molar-refractivity contribution in [3.05, 3.63) is 94.5 Å². The van der Waals surface area contributed by atoms with Gasteiger partial charge in [0.15, 0.2) is 0 Å². The van der Waals surface area contributed by atoms with E-state index in [4.69, 9.17) is 5.73 Å². The van der Waals surface area contributed by atoms with Crippen LogP contribution in [0.15, 0.2) is 66.7 Å². The molecule has 1 atom stereocenters. The summed E-state index contributed by atoms with van der Waals surface area (Å²) >= 11 is 0. The summed E-state index contributed by atoms with van der Waals surface area (Å²) in [6, 6.07) is 22.5. The second kappa shape index (κ2) is 6.92. The molecular formula is C24H24N2O. The van der Waals surface area contributed by atoms with Crippen LogP contribution in [0.25, 0.3) is 0 Å². The summed E-state index contributed by atoms with van der Waals surface area (Å²) in [6.45, 7) is 4.14. The van der Waals surface area contributed by atoms with E-state index in [1.165, 1.54) is 11.1 Å². The molecule has 1 heterocycles. The minimum atomic E-state index is -0.0145. The van der Waals surface area contributed by atoms with Gasteiger partial charge in [-0.05, 0) is 67.1 Å². The third-order valence-electron chi connectivity index (χ3n) is 5.40. The first-order valence-corrected chi connectivity index (χ1v) is 9.39. The SMILES string of the molecule is Cc1cc(C(=O)N2c3ccccc3C[C@H]2C)c(N)cc1Cc1ccccc1. The highest BCUT2D eigenvalue weighted by Crippen LogP contribution is 2.34. The number of carbonyl (C=O) groups is 1. The van der Waals surface area contributed by atoms with Gasteiger partial charge in [-0.3, -0.25) is 4.79 Å². The van der Waals surface area contributed by atoms with Crippen LogP contribution >= 0.6 is 0 Å². The van der Waals surface area contributed by atoms with E-state index in [9.17, 15) is 4.79 Å². The second-order valence-corrected chi connectivity index (χ2v) is 7.39. The van der Waals surface area contributed by atoms with E-state index in [2.05, 4.69) is 32.0 Å². The van der Waals surface area contributed by atoms with Crippen LogP contribution in [0.4, 0.5) is 11.4 Å². The Hall–Kier alpha value is -3.07. The smallest absolute Gasteiger partial charge is 0.260 e. The van der Waals surface area contributed by atoms with Crippen LogP contribution < -0.4 is 10.6 Å². The van der Waals surface area contributed by atoms with Crippen molar-refractivity contribution in [3.63, 3.8) is 0 Å². The Bertz CT molecular complexity index is 995. The minimum absolute atomic E-state index is 0.0145. The fourth-order valence-corrected chi connectivity index (χ4v) is 3.97. The highest BCUT2D eigenvalue weighted by molar-refractivity contribution is 6.11. The molecule has 136 valence electrons. The predicted molar refractivity (Wildman–Crippen MR) is 111 cm³/mol. The quantitative estimate of drug-likeness (QED) is 0.688. The van der Waals surface area contributed by atoms with Crippen molar-refractivity contribution in [3.8, 4) is 0 Å². The van der Waals surface area contributed by atoms with Gasteiger partial charge in [-0.1, -0.05) is 48.5 Å². The van der Waals surface area contributed by atoms with Crippen LogP contribution in [0.5, 0.6) is 0 Å². The second-order valence-electron chi connectivity index (χ2n) is 7.39. The van der Waals surface area contributed by atoms with Gasteiger partial charge in [0.2, 0.25) is 0 Å². The standard InChI is InChI=1S/C24H24N2O/c1-16-12-21(22(25)15-20(16)14-18-8-4-3-5-9-18)24(27)26-17(2)13-19-10-6-7-11-23(19)26/h3-12,15,17H,13-14,25H2,1-2H3/t17-/m1/s1. The van der Waals surface area contributed by atoms with Gasteiger partial charge in [-0.25, -0.2) is 0 Å². The Morgan fingerprint density at radius 3 is 2.56 bits per heavy atom. The fraction of sp³-hybridized carbons (Fsp3) is 0.208. The number of nitrogens with zero attached hydrogens (tertiary/aromatic N) is 1. The van der Waals surface area contributed by atoms with Gasteiger partial charge in [0, 0.05) is 17.4 Å². The Labute approximate surface area is 160 Å². The summed E-state index contributed by atoms with van der Waals surface area (Å²) in [5.74, 6) is -0.0145. The Morgan fingerprint density at radius 1 is 1.07 bits per heavy atom. The van der Waals surface area contributed by atoms with Crippen LogP contribution in [0, 0.1) is 6.92 Å². The molecule has 0 aromatic heterocycles. The average Bonchev–Trinajstić information content (AvgIpc) is 3.00. The van der Waals surface area contributed by atoms with Crippen LogP contribution in [0.1, 0.15) is 39.5 Å². The molecule has 3 heteroatoms. The molecule has 1 amide bonds. The third-order valence-corrected chi connectivity index (χ3v) is 5.40. The number of hydrogen-bond acceptors (Lipinski definition) is 2. The number of benzene rings is 3. The van der Waals surface area contributed by atoms with E-state index in [0.29, 0.717) is 11.3 Å². The van der Waals surface area contributed by atoms with Crippen molar-refractivity contribution in [1.82, 2.24) is 0 Å². The first kappa shape index (κ1) is 17.3. The lowest BCUT2D eigenvalue weighted by atomic mass is 9.96. The van der Waals surface area contributed by atoms with Gasteiger partial charge in [-0.2, -0.15) is 0 Å². The first-order valence-electron chi connectivity index (χ1n) is 9.39. The summed E-state index contributed by atoms with van der Waals surface area (Å²) in [5, 5.41) is 0. The summed E-state index contributed by atoms with van der Waals surface area (Å²) in [5.41, 5.74) is 13.2. The monoisotopic (exact) mass is 356 g/mol. The number of aryl methyl sites for hydroxylation is 1. The number of fused-ring (bicyclic) bond motifs is 1. The molecule has 0 bridgehead atoms. The molecule has 1 aliphatic rings. The normalized spacial score (nSPS) is 15.6. The fourth-order valence-electron chi connectivity index (χ4n) is 3.97. The van der Waals surface area contributed by atoms with Crippen molar-refractivity contribution >= 4 is 17.3 Å². The summed E-state index contributed by atoms with van der Waals surface area (Å²) in [7, 11) is 0. The third kappa shape index (κ3) is 3.21. The van der Waals surface area contributed by atoms with E-state index < -0.39 is 0 Å². The van der Waals surface area contributed by atoms with Crippen molar-refractivity contribution in [2.75, 3.05) is 10.6 Å².